The Labute approximate surface area is 79.5 Å². The van der Waals surface area contributed by atoms with Gasteiger partial charge in [-0.15, -0.1) is 0 Å². The second kappa shape index (κ2) is 3.02. The number of aromatic nitrogens is 2. The van der Waals surface area contributed by atoms with Gasteiger partial charge in [0, 0.05) is 6.07 Å². The number of H-pyrrole nitrogens is 1. The standard InChI is InChI=1S/C9H9N3O2/c1-14-8-3-7-5(2-6(8)10)9(13)12-4-11-7/h2-4H,10H2,1H3,(H,11,12,13). The van der Waals surface area contributed by atoms with Crippen LogP contribution in [0.3, 0.4) is 0 Å². The summed E-state index contributed by atoms with van der Waals surface area (Å²) in [6, 6.07) is 3.19. The van der Waals surface area contributed by atoms with Crippen LogP contribution in [0.2, 0.25) is 0 Å². The monoisotopic (exact) mass is 191 g/mol. The van der Waals surface area contributed by atoms with Gasteiger partial charge < -0.3 is 15.5 Å². The fraction of sp³-hybridized carbons (Fsp3) is 0.111. The molecule has 0 bridgehead atoms. The number of ether oxygens (including phenoxy) is 1. The highest BCUT2D eigenvalue weighted by Crippen LogP contribution is 2.24. The van der Waals surface area contributed by atoms with E-state index in [0.29, 0.717) is 22.3 Å². The summed E-state index contributed by atoms with van der Waals surface area (Å²) >= 11 is 0. The molecular formula is C9H9N3O2. The van der Waals surface area contributed by atoms with Gasteiger partial charge in [0.2, 0.25) is 0 Å². The van der Waals surface area contributed by atoms with Crippen molar-refractivity contribution in [2.45, 2.75) is 0 Å². The Hall–Kier alpha value is -2.04. The normalized spacial score (nSPS) is 10.4. The van der Waals surface area contributed by atoms with E-state index in [1.807, 2.05) is 0 Å². The number of aromatic amines is 1. The van der Waals surface area contributed by atoms with Crippen molar-refractivity contribution in [3.63, 3.8) is 0 Å². The van der Waals surface area contributed by atoms with Gasteiger partial charge in [-0.1, -0.05) is 0 Å². The maximum Gasteiger partial charge on any atom is 0.258 e. The number of hydrogen-bond acceptors (Lipinski definition) is 4. The molecule has 0 amide bonds. The first-order chi connectivity index (χ1) is 6.72. The molecule has 1 heterocycles. The van der Waals surface area contributed by atoms with Crippen LogP contribution in [0, 0.1) is 0 Å². The number of nitrogens with two attached hydrogens (primary N) is 1. The third-order valence-electron chi connectivity index (χ3n) is 1.99. The fourth-order valence-corrected chi connectivity index (χ4v) is 1.29. The number of fused-ring (bicyclic) bond motifs is 1. The quantitative estimate of drug-likeness (QED) is 0.643. The number of nitrogens with one attached hydrogen (secondary N) is 1. The van der Waals surface area contributed by atoms with Crippen molar-refractivity contribution >= 4 is 16.6 Å². The first-order valence-electron chi connectivity index (χ1n) is 4.03. The largest absolute Gasteiger partial charge is 0.495 e. The summed E-state index contributed by atoms with van der Waals surface area (Å²) in [5.74, 6) is 0.524. The number of methoxy groups -OCH3 is 1. The molecule has 0 unspecified atom stereocenters. The summed E-state index contributed by atoms with van der Waals surface area (Å²) in [5.41, 5.74) is 6.45. The van der Waals surface area contributed by atoms with Gasteiger partial charge >= 0.3 is 0 Å². The average Bonchev–Trinajstić information content (AvgIpc) is 2.19. The van der Waals surface area contributed by atoms with Gasteiger partial charge in [0.1, 0.15) is 5.75 Å². The molecule has 0 atom stereocenters. The third-order valence-corrected chi connectivity index (χ3v) is 1.99. The third kappa shape index (κ3) is 1.19. The Morgan fingerprint density at radius 2 is 2.29 bits per heavy atom. The lowest BCUT2D eigenvalue weighted by molar-refractivity contribution is 0.417. The first kappa shape index (κ1) is 8.55. The predicted octanol–water partition coefficient (Wildman–Crippen LogP) is 0.514. The second-order valence-electron chi connectivity index (χ2n) is 2.84. The van der Waals surface area contributed by atoms with Crippen molar-refractivity contribution in [1.82, 2.24) is 9.97 Å². The molecule has 0 fully saturated rings. The lowest BCUT2D eigenvalue weighted by Crippen LogP contribution is -2.07. The number of nitrogens with zero attached hydrogens (tertiary/aromatic N) is 1. The molecular weight excluding hydrogens is 182 g/mol. The van der Waals surface area contributed by atoms with E-state index in [1.165, 1.54) is 13.4 Å². The van der Waals surface area contributed by atoms with Gasteiger partial charge in [-0.05, 0) is 6.07 Å². The maximum atomic E-state index is 11.3. The summed E-state index contributed by atoms with van der Waals surface area (Å²) in [6.07, 6.45) is 1.35. The molecule has 0 aliphatic heterocycles. The van der Waals surface area contributed by atoms with Crippen LogP contribution in [0.15, 0.2) is 23.3 Å². The van der Waals surface area contributed by atoms with E-state index in [1.54, 1.807) is 12.1 Å². The average molecular weight is 191 g/mol. The van der Waals surface area contributed by atoms with Gasteiger partial charge in [-0.25, -0.2) is 4.98 Å². The summed E-state index contributed by atoms with van der Waals surface area (Å²) < 4.78 is 5.02. The summed E-state index contributed by atoms with van der Waals surface area (Å²) in [4.78, 5) is 17.8. The van der Waals surface area contributed by atoms with Crippen LogP contribution in [-0.2, 0) is 0 Å². The van der Waals surface area contributed by atoms with Gasteiger partial charge in [0.05, 0.1) is 30.0 Å². The van der Waals surface area contributed by atoms with E-state index in [4.69, 9.17) is 10.5 Å². The van der Waals surface area contributed by atoms with Crippen molar-refractivity contribution < 1.29 is 4.74 Å². The van der Waals surface area contributed by atoms with Gasteiger partial charge in [0.25, 0.3) is 5.56 Å². The number of anilines is 1. The van der Waals surface area contributed by atoms with Crippen LogP contribution in [-0.4, -0.2) is 17.1 Å². The molecule has 72 valence electrons. The number of hydrogen-bond donors (Lipinski definition) is 2. The molecule has 1 aromatic heterocycles. The molecule has 0 saturated carbocycles. The Morgan fingerprint density at radius 1 is 1.50 bits per heavy atom. The number of nitrogen functional groups attached to an aromatic ring is 1. The topological polar surface area (TPSA) is 81.0 Å². The van der Waals surface area contributed by atoms with Crippen molar-refractivity contribution in [3.8, 4) is 5.75 Å². The molecule has 2 rings (SSSR count). The molecule has 0 saturated heterocycles. The van der Waals surface area contributed by atoms with Gasteiger partial charge in [0.15, 0.2) is 0 Å². The smallest absolute Gasteiger partial charge is 0.258 e. The van der Waals surface area contributed by atoms with E-state index < -0.39 is 0 Å². The second-order valence-corrected chi connectivity index (χ2v) is 2.84. The van der Waals surface area contributed by atoms with Crippen LogP contribution in [0.25, 0.3) is 10.9 Å². The summed E-state index contributed by atoms with van der Waals surface area (Å²) in [7, 11) is 1.52. The lowest BCUT2D eigenvalue weighted by atomic mass is 10.2. The fourth-order valence-electron chi connectivity index (χ4n) is 1.29. The predicted molar refractivity (Wildman–Crippen MR) is 53.3 cm³/mol. The zero-order valence-corrected chi connectivity index (χ0v) is 7.57. The molecule has 5 nitrogen and oxygen atoms in total. The molecule has 0 aliphatic carbocycles. The van der Waals surface area contributed by atoms with Gasteiger partial charge in [-0.2, -0.15) is 0 Å². The van der Waals surface area contributed by atoms with Crippen LogP contribution in [0.4, 0.5) is 5.69 Å². The van der Waals surface area contributed by atoms with E-state index >= 15 is 0 Å². The van der Waals surface area contributed by atoms with E-state index in [9.17, 15) is 4.79 Å². The van der Waals surface area contributed by atoms with Crippen molar-refractivity contribution in [3.05, 3.63) is 28.8 Å². The number of benzene rings is 1. The van der Waals surface area contributed by atoms with Crippen LogP contribution >= 0.6 is 0 Å². The van der Waals surface area contributed by atoms with Crippen LogP contribution in [0.5, 0.6) is 5.75 Å². The van der Waals surface area contributed by atoms with Gasteiger partial charge in [-0.3, -0.25) is 4.79 Å². The molecule has 0 spiro atoms. The Balaban J connectivity index is 2.86. The minimum absolute atomic E-state index is 0.204. The minimum atomic E-state index is -0.204. The highest BCUT2D eigenvalue weighted by molar-refractivity contribution is 5.84. The first-order valence-corrected chi connectivity index (χ1v) is 4.03. The van der Waals surface area contributed by atoms with Crippen molar-refractivity contribution in [1.29, 1.82) is 0 Å². The SMILES string of the molecule is COc1cc2nc[nH]c(=O)c2cc1N. The van der Waals surface area contributed by atoms with Crippen molar-refractivity contribution in [2.24, 2.45) is 0 Å². The highest BCUT2D eigenvalue weighted by Gasteiger charge is 2.05. The summed E-state index contributed by atoms with van der Waals surface area (Å²) in [5, 5.41) is 0.464. The van der Waals surface area contributed by atoms with Crippen LogP contribution < -0.4 is 16.0 Å². The molecule has 2 aromatic rings. The molecule has 1 aromatic carbocycles. The van der Waals surface area contributed by atoms with Crippen molar-refractivity contribution in [2.75, 3.05) is 12.8 Å². The molecule has 3 N–H and O–H groups in total. The van der Waals surface area contributed by atoms with E-state index in [0.717, 1.165) is 0 Å². The molecule has 0 aliphatic rings. The Bertz CT molecular complexity index is 533. The molecule has 14 heavy (non-hydrogen) atoms. The lowest BCUT2D eigenvalue weighted by Gasteiger charge is -2.04. The molecule has 5 heteroatoms. The number of rotatable bonds is 1. The molecule has 0 radical (unpaired) electrons. The highest BCUT2D eigenvalue weighted by atomic mass is 16.5. The van der Waals surface area contributed by atoms with E-state index in [-0.39, 0.29) is 5.56 Å². The van der Waals surface area contributed by atoms with E-state index in [2.05, 4.69) is 9.97 Å². The zero-order valence-electron chi connectivity index (χ0n) is 7.57. The Kier molecular flexibility index (Phi) is 1.85. The maximum absolute atomic E-state index is 11.3. The zero-order chi connectivity index (χ0) is 10.1. The Morgan fingerprint density at radius 3 is 3.00 bits per heavy atom. The summed E-state index contributed by atoms with van der Waals surface area (Å²) in [6.45, 7) is 0. The van der Waals surface area contributed by atoms with Crippen LogP contribution in [0.1, 0.15) is 0 Å². The minimum Gasteiger partial charge on any atom is -0.495 e.